The normalized spacial score (nSPS) is 17.6. The van der Waals surface area contributed by atoms with E-state index in [1.807, 2.05) is 65.6 Å². The number of aliphatic hydroxyl groups excluding tert-OH is 1. The molecule has 0 saturated carbocycles. The number of carbonyl (C=O) groups is 5. The van der Waals surface area contributed by atoms with Crippen molar-refractivity contribution in [1.29, 1.82) is 0 Å². The second-order valence-electron chi connectivity index (χ2n) is 23.9. The monoisotopic (exact) mass is 1510 g/mol. The number of amides is 2. The van der Waals surface area contributed by atoms with E-state index >= 15 is 0 Å². The van der Waals surface area contributed by atoms with Gasteiger partial charge >= 0.3 is 11.9 Å². The molecule has 6 heterocycles. The van der Waals surface area contributed by atoms with Crippen LogP contribution in [-0.2, 0) is 33.4 Å². The van der Waals surface area contributed by atoms with Gasteiger partial charge < -0.3 is 45.2 Å². The molecule has 2 amide bonds. The predicted molar refractivity (Wildman–Crippen MR) is 414 cm³/mol. The number of ether oxygens (including phenoxy) is 2. The minimum absolute atomic E-state index is 0. The molecule has 0 aromatic heterocycles. The highest BCUT2D eigenvalue weighted by molar-refractivity contribution is 6.43. The van der Waals surface area contributed by atoms with E-state index in [9.17, 15) is 29.1 Å². The SMILES string of the molecule is C.NCCCN1CCCCC1.O=C(NCCCN1CCCCC1)/C(=C/C=C/c1ccc(Cl)c(Cl)c1)CCO.O=C/C=C/c1ccc(Cl)c(Cl)c1.O=C1/C(=C/C=C/c2ccc(Cl)c(Cl)c2)CCN1CCCN1CCCCC1.O=C1CCCO1.O=C1OCC/C1=C\C=C\c1ccc(Cl)c(Cl)c1. The number of halogens is 8. The van der Waals surface area contributed by atoms with Crippen LogP contribution in [0, 0.1) is 0 Å². The molecular formula is C77H98Cl8N6O8. The van der Waals surface area contributed by atoms with Crippen LogP contribution >= 0.6 is 92.8 Å². The summed E-state index contributed by atoms with van der Waals surface area (Å²) in [5.41, 5.74) is 11.2. The Hall–Kier alpha value is -5.27. The lowest BCUT2D eigenvalue weighted by molar-refractivity contribution is -0.138. The molecule has 4 N–H and O–H groups in total. The van der Waals surface area contributed by atoms with Crippen LogP contribution in [0.5, 0.6) is 0 Å². The fraction of sp³-hybridized carbons (Fsp3) is 0.442. The molecule has 540 valence electrons. The van der Waals surface area contributed by atoms with E-state index in [-0.39, 0.29) is 37.8 Å². The molecule has 6 fully saturated rings. The minimum atomic E-state index is -0.233. The molecule has 99 heavy (non-hydrogen) atoms. The first-order valence-electron chi connectivity index (χ1n) is 33.9. The fourth-order valence-electron chi connectivity index (χ4n) is 10.9. The van der Waals surface area contributed by atoms with Crippen LogP contribution in [0.2, 0.25) is 40.2 Å². The number of esters is 2. The van der Waals surface area contributed by atoms with Gasteiger partial charge in [0.2, 0.25) is 11.8 Å². The third kappa shape index (κ3) is 35.5. The van der Waals surface area contributed by atoms with E-state index in [0.29, 0.717) is 96.6 Å². The molecule has 6 aliphatic heterocycles. The van der Waals surface area contributed by atoms with Gasteiger partial charge in [-0.1, -0.05) is 205 Å². The van der Waals surface area contributed by atoms with Crippen LogP contribution in [0.25, 0.3) is 24.3 Å². The van der Waals surface area contributed by atoms with E-state index in [0.717, 1.165) is 86.2 Å². The van der Waals surface area contributed by atoms with Crippen molar-refractivity contribution in [2.45, 2.75) is 117 Å². The van der Waals surface area contributed by atoms with Crippen LogP contribution in [0.4, 0.5) is 0 Å². The maximum Gasteiger partial charge on any atom is 0.334 e. The van der Waals surface area contributed by atoms with Crippen LogP contribution in [-0.4, -0.2) is 160 Å². The van der Waals surface area contributed by atoms with Gasteiger partial charge in [0.1, 0.15) is 6.29 Å². The van der Waals surface area contributed by atoms with Crippen molar-refractivity contribution in [3.63, 3.8) is 0 Å². The smallest absolute Gasteiger partial charge is 0.334 e. The summed E-state index contributed by atoms with van der Waals surface area (Å²) in [4.78, 5) is 65.5. The zero-order chi connectivity index (χ0) is 70.7. The van der Waals surface area contributed by atoms with Crippen molar-refractivity contribution in [1.82, 2.24) is 24.9 Å². The third-order valence-corrected chi connectivity index (χ3v) is 19.3. The molecule has 4 aromatic carbocycles. The van der Waals surface area contributed by atoms with Gasteiger partial charge in [0, 0.05) is 62.2 Å². The molecule has 0 unspecified atom stereocenters. The quantitative estimate of drug-likeness (QED) is 0.0224. The number of hydrogen-bond acceptors (Lipinski definition) is 12. The van der Waals surface area contributed by atoms with Crippen molar-refractivity contribution in [2.75, 3.05) is 105 Å². The van der Waals surface area contributed by atoms with Crippen LogP contribution in [0.3, 0.4) is 0 Å². The van der Waals surface area contributed by atoms with E-state index in [4.69, 9.17) is 103 Å². The average Bonchev–Trinajstić information content (AvgIpc) is 1.81. The number of piperidine rings is 3. The number of allylic oxidation sites excluding steroid dienone is 7. The number of benzene rings is 4. The second kappa shape index (κ2) is 51.0. The van der Waals surface area contributed by atoms with Crippen molar-refractivity contribution in [3.05, 3.63) is 194 Å². The molecule has 10 rings (SSSR count). The molecule has 0 radical (unpaired) electrons. The number of cyclic esters (lactones) is 2. The average molecular weight is 1520 g/mol. The topological polar surface area (TPSA) is 175 Å². The lowest BCUT2D eigenvalue weighted by Crippen LogP contribution is -2.33. The second-order valence-corrected chi connectivity index (χ2v) is 27.1. The summed E-state index contributed by atoms with van der Waals surface area (Å²) in [6, 6.07) is 21.4. The summed E-state index contributed by atoms with van der Waals surface area (Å²) in [6.45, 7) is 15.0. The number of nitrogens with one attached hydrogen (secondary N) is 1. The Morgan fingerprint density at radius 2 is 0.939 bits per heavy atom. The lowest BCUT2D eigenvalue weighted by Gasteiger charge is -2.27. The fourth-order valence-corrected chi connectivity index (χ4v) is 12.1. The van der Waals surface area contributed by atoms with Gasteiger partial charge in [0.15, 0.2) is 0 Å². The van der Waals surface area contributed by atoms with Crippen molar-refractivity contribution >= 4 is 147 Å². The Bertz CT molecular complexity index is 3350. The molecule has 6 saturated heterocycles. The van der Waals surface area contributed by atoms with Crippen LogP contribution in [0.15, 0.2) is 132 Å². The highest BCUT2D eigenvalue weighted by atomic mass is 35.5. The number of aldehydes is 1. The molecule has 14 nitrogen and oxygen atoms in total. The first-order valence-corrected chi connectivity index (χ1v) is 36.9. The summed E-state index contributed by atoms with van der Waals surface area (Å²) in [6.07, 6.45) is 39.0. The van der Waals surface area contributed by atoms with Gasteiger partial charge in [-0.15, -0.1) is 0 Å². The van der Waals surface area contributed by atoms with E-state index in [1.165, 1.54) is 116 Å². The van der Waals surface area contributed by atoms with Crippen LogP contribution < -0.4 is 11.1 Å². The van der Waals surface area contributed by atoms with E-state index in [1.54, 1.807) is 72.8 Å². The number of aliphatic hydroxyl groups is 1. The van der Waals surface area contributed by atoms with E-state index < -0.39 is 0 Å². The van der Waals surface area contributed by atoms with Crippen molar-refractivity contribution < 1.29 is 38.6 Å². The van der Waals surface area contributed by atoms with Crippen molar-refractivity contribution in [2.24, 2.45) is 5.73 Å². The van der Waals surface area contributed by atoms with Crippen LogP contribution in [0.1, 0.15) is 139 Å². The van der Waals surface area contributed by atoms with Gasteiger partial charge in [-0.2, -0.15) is 0 Å². The number of nitrogens with two attached hydrogens (primary N) is 1. The third-order valence-electron chi connectivity index (χ3n) is 16.3. The highest BCUT2D eigenvalue weighted by Gasteiger charge is 2.25. The summed E-state index contributed by atoms with van der Waals surface area (Å²) in [7, 11) is 0. The largest absolute Gasteiger partial charge is 0.466 e. The number of hydrogen-bond donors (Lipinski definition) is 3. The van der Waals surface area contributed by atoms with Gasteiger partial charge in [-0.25, -0.2) is 4.79 Å². The maximum absolute atomic E-state index is 12.5. The van der Waals surface area contributed by atoms with Gasteiger partial charge in [-0.05, 0) is 213 Å². The molecule has 0 aliphatic carbocycles. The Morgan fingerprint density at radius 3 is 1.33 bits per heavy atom. The standard InChI is InChI=1S/C21H28Cl2N2O2.C21H26Cl2N2O.C13H10Cl2O2.C9H6Cl2O.C8H18N2.C4H6O2.CH4/c22-19-9-8-17(16-20(19)23)6-4-7-18(10-15-26)21(27)24-11-5-14-25-12-2-1-3-13-25;22-19-9-8-17(16-20(19)23)6-4-7-18-10-15-25(21(18)26)14-5-13-24-11-2-1-3-12-24;14-11-5-4-9(8-12(11)15)2-1-3-10-6-7-17-13(10)16;10-8-4-3-7(2-1-5-12)6-9(8)11;9-5-4-8-10-6-2-1-3-7-10;5-4-2-1-3-6-4;/h4,6-9,16,26H,1-3,5,10-15H2,(H,24,27);4,6-9,16H,1-3,5,10-15H2;1-5,8H,6-7H2;1-6H;1-9H2;1-3H2;1H4/b2*6-4+,18-7+;2-1+,10-3+;2-1+;;;. The van der Waals surface area contributed by atoms with Crippen molar-refractivity contribution in [3.8, 4) is 0 Å². The molecule has 0 atom stereocenters. The summed E-state index contributed by atoms with van der Waals surface area (Å²) < 4.78 is 9.34. The predicted octanol–water partition coefficient (Wildman–Crippen LogP) is 18.2. The van der Waals surface area contributed by atoms with Gasteiger partial charge in [0.05, 0.1) is 53.4 Å². The Balaban J connectivity index is 0.000000267. The summed E-state index contributed by atoms with van der Waals surface area (Å²) >= 11 is 47.0. The molecular weight excluding hydrogens is 1420 g/mol. The first kappa shape index (κ1) is 86.1. The minimum Gasteiger partial charge on any atom is -0.466 e. The number of carbonyl (C=O) groups excluding carboxylic acids is 5. The van der Waals surface area contributed by atoms with Gasteiger partial charge in [0.25, 0.3) is 0 Å². The number of rotatable bonds is 22. The zero-order valence-electron chi connectivity index (χ0n) is 55.9. The lowest BCUT2D eigenvalue weighted by atomic mass is 10.1. The zero-order valence-corrected chi connectivity index (χ0v) is 61.9. The summed E-state index contributed by atoms with van der Waals surface area (Å²) in [5, 5.41) is 16.3. The molecule has 0 spiro atoms. The Morgan fingerprint density at radius 1 is 0.495 bits per heavy atom. The molecule has 4 aromatic rings. The number of likely N-dealkylation sites (tertiary alicyclic amines) is 4. The maximum atomic E-state index is 12.5. The Kier molecular flexibility index (Phi) is 44.3. The number of nitrogens with zero attached hydrogens (tertiary/aromatic N) is 4. The summed E-state index contributed by atoms with van der Waals surface area (Å²) in [5.74, 6) is -0.220. The molecule has 0 bridgehead atoms. The highest BCUT2D eigenvalue weighted by Crippen LogP contribution is 2.27. The molecule has 22 heteroatoms. The molecule has 6 aliphatic rings. The first-order chi connectivity index (χ1) is 47.5. The van der Waals surface area contributed by atoms with E-state index in [2.05, 4.69) is 24.8 Å². The Labute approximate surface area is 627 Å². The van der Waals surface area contributed by atoms with Gasteiger partial charge in [-0.3, -0.25) is 19.2 Å².